The maximum atomic E-state index is 13.9. The Morgan fingerprint density at radius 3 is 1.82 bits per heavy atom. The van der Waals surface area contributed by atoms with Gasteiger partial charge in [-0.25, -0.2) is 0 Å². The van der Waals surface area contributed by atoms with E-state index in [4.69, 9.17) is 23.7 Å². The molecule has 2 fully saturated rings. The SMILES string of the molecule is COc1c([C@@H]2C[C@@](C)(NC(=O)C(F)(F)F)[C@H](OCc3ccccc3)C(C)O2)cc([C@H]2C[C@@H](NC(=O)C(F)(F)F)[C@H](OCc3ccccc3)C(C)O2)c(OS(=O)(=O)C(F)(F)F)c1I. The van der Waals surface area contributed by atoms with E-state index in [0.717, 1.165) is 13.2 Å². The molecular weight excluding hydrogens is 986 g/mol. The first-order valence-corrected chi connectivity index (χ1v) is 21.0. The Labute approximate surface area is 363 Å². The zero-order valence-corrected chi connectivity index (χ0v) is 36.0. The first-order chi connectivity index (χ1) is 28.8. The molecule has 2 aliphatic heterocycles. The van der Waals surface area contributed by atoms with Crippen molar-refractivity contribution in [1.82, 2.24) is 10.6 Å². The molecule has 3 aromatic carbocycles. The largest absolute Gasteiger partial charge is 0.534 e. The molecular formula is C39H40F9IN2O10S. The fraction of sp³-hybridized carbons (Fsp3) is 0.487. The molecule has 23 heteroatoms. The average Bonchev–Trinajstić information content (AvgIpc) is 3.17. The van der Waals surface area contributed by atoms with Crippen LogP contribution in [-0.4, -0.2) is 81.2 Å². The van der Waals surface area contributed by atoms with Crippen LogP contribution in [0.5, 0.6) is 11.5 Å². The Hall–Kier alpha value is -3.91. The van der Waals surface area contributed by atoms with E-state index in [9.17, 15) is 57.5 Å². The van der Waals surface area contributed by atoms with Gasteiger partial charge in [0.15, 0.2) is 5.75 Å². The minimum absolute atomic E-state index is 0.126. The van der Waals surface area contributed by atoms with Crippen LogP contribution in [0.15, 0.2) is 66.7 Å². The number of carbonyl (C=O) groups is 2. The molecule has 2 aliphatic rings. The van der Waals surface area contributed by atoms with Crippen LogP contribution in [0.2, 0.25) is 0 Å². The highest BCUT2D eigenvalue weighted by Crippen LogP contribution is 2.50. The molecule has 3 aromatic rings. The zero-order valence-electron chi connectivity index (χ0n) is 33.0. The molecule has 0 aliphatic carbocycles. The van der Waals surface area contributed by atoms with Crippen molar-refractivity contribution in [3.63, 3.8) is 0 Å². The summed E-state index contributed by atoms with van der Waals surface area (Å²) in [6.45, 7) is 3.72. The van der Waals surface area contributed by atoms with Crippen molar-refractivity contribution in [2.75, 3.05) is 7.11 Å². The molecule has 0 spiro atoms. The molecule has 8 atom stereocenters. The van der Waals surface area contributed by atoms with Gasteiger partial charge in [0.25, 0.3) is 0 Å². The van der Waals surface area contributed by atoms with Crippen molar-refractivity contribution in [1.29, 1.82) is 0 Å². The van der Waals surface area contributed by atoms with Crippen LogP contribution in [0.4, 0.5) is 39.5 Å². The van der Waals surface area contributed by atoms with Gasteiger partial charge in [-0.3, -0.25) is 9.59 Å². The quantitative estimate of drug-likeness (QED) is 0.0751. The van der Waals surface area contributed by atoms with Crippen LogP contribution in [0, 0.1) is 3.57 Å². The normalized spacial score (nSPS) is 26.1. The van der Waals surface area contributed by atoms with E-state index >= 15 is 0 Å². The third-order valence-corrected chi connectivity index (χ3v) is 12.1. The number of amides is 2. The second-order valence-corrected chi connectivity index (χ2v) is 17.4. The zero-order chi connectivity index (χ0) is 46.0. The first kappa shape index (κ1) is 49.1. The van der Waals surface area contributed by atoms with Gasteiger partial charge >= 0.3 is 39.8 Å². The van der Waals surface area contributed by atoms with Crippen molar-refractivity contribution in [2.24, 2.45) is 0 Å². The lowest BCUT2D eigenvalue weighted by molar-refractivity contribution is -0.196. The summed E-state index contributed by atoms with van der Waals surface area (Å²) in [5, 5.41) is 3.85. The Morgan fingerprint density at radius 1 is 0.790 bits per heavy atom. The molecule has 0 bridgehead atoms. The van der Waals surface area contributed by atoms with Crippen LogP contribution >= 0.6 is 22.6 Å². The molecule has 0 saturated carbocycles. The maximum Gasteiger partial charge on any atom is 0.534 e. The monoisotopic (exact) mass is 1030 g/mol. The molecule has 2 heterocycles. The number of nitrogens with one attached hydrogen (secondary N) is 2. The van der Waals surface area contributed by atoms with E-state index < -0.39 is 116 Å². The number of hydrogen-bond donors (Lipinski definition) is 2. The van der Waals surface area contributed by atoms with Gasteiger partial charge in [0.1, 0.15) is 18.0 Å². The molecule has 62 heavy (non-hydrogen) atoms. The van der Waals surface area contributed by atoms with E-state index in [1.54, 1.807) is 60.7 Å². The number of rotatable bonds is 13. The third-order valence-electron chi connectivity index (χ3n) is 10.1. The smallest absolute Gasteiger partial charge is 0.495 e. The number of methoxy groups -OCH3 is 1. The molecule has 2 amide bonds. The van der Waals surface area contributed by atoms with Crippen LogP contribution in [-0.2, 0) is 51.9 Å². The molecule has 5 rings (SSSR count). The van der Waals surface area contributed by atoms with Crippen molar-refractivity contribution in [3.05, 3.63) is 92.6 Å². The highest BCUT2D eigenvalue weighted by atomic mass is 127. The van der Waals surface area contributed by atoms with Crippen molar-refractivity contribution in [3.8, 4) is 11.5 Å². The summed E-state index contributed by atoms with van der Waals surface area (Å²) in [4.78, 5) is 24.8. The van der Waals surface area contributed by atoms with E-state index in [1.165, 1.54) is 43.4 Å². The Balaban J connectivity index is 1.62. The lowest BCUT2D eigenvalue weighted by Crippen LogP contribution is -2.64. The van der Waals surface area contributed by atoms with Gasteiger partial charge < -0.3 is 38.5 Å². The molecule has 2 N–H and O–H groups in total. The van der Waals surface area contributed by atoms with Crippen molar-refractivity contribution < 1.29 is 85.4 Å². The van der Waals surface area contributed by atoms with E-state index in [1.807, 2.05) is 10.6 Å². The van der Waals surface area contributed by atoms with Gasteiger partial charge in [0, 0.05) is 24.0 Å². The summed E-state index contributed by atoms with van der Waals surface area (Å²) in [7, 11) is -5.42. The van der Waals surface area contributed by atoms with E-state index in [-0.39, 0.29) is 24.5 Å². The summed E-state index contributed by atoms with van der Waals surface area (Å²) in [5.41, 5.74) is -7.33. The van der Waals surface area contributed by atoms with E-state index in [2.05, 4.69) is 4.18 Å². The summed E-state index contributed by atoms with van der Waals surface area (Å²) >= 11 is 1.41. The lowest BCUT2D eigenvalue weighted by Gasteiger charge is -2.48. The van der Waals surface area contributed by atoms with Crippen molar-refractivity contribution in [2.45, 2.75) is 113 Å². The summed E-state index contributed by atoms with van der Waals surface area (Å²) in [6.07, 6.45) is -20.0. The highest BCUT2D eigenvalue weighted by molar-refractivity contribution is 14.1. The number of benzene rings is 3. The summed E-state index contributed by atoms with van der Waals surface area (Å²) in [6, 6.07) is 16.3. The summed E-state index contributed by atoms with van der Waals surface area (Å²) in [5.74, 6) is -6.11. The molecule has 0 aromatic heterocycles. The van der Waals surface area contributed by atoms with Gasteiger partial charge in [-0.05, 0) is 60.6 Å². The number of halogens is 10. The first-order valence-electron chi connectivity index (χ1n) is 18.6. The number of ether oxygens (including phenoxy) is 5. The molecule has 342 valence electrons. The molecule has 2 unspecified atom stereocenters. The van der Waals surface area contributed by atoms with Gasteiger partial charge in [-0.1, -0.05) is 60.7 Å². The van der Waals surface area contributed by atoms with Crippen LogP contribution < -0.4 is 19.6 Å². The van der Waals surface area contributed by atoms with Gasteiger partial charge in [-0.15, -0.1) is 0 Å². The minimum atomic E-state index is -6.46. The second kappa shape index (κ2) is 19.1. The predicted molar refractivity (Wildman–Crippen MR) is 208 cm³/mol. The molecule has 2 saturated heterocycles. The second-order valence-electron chi connectivity index (χ2n) is 14.7. The fourth-order valence-corrected chi connectivity index (χ4v) is 8.99. The number of hydrogen-bond acceptors (Lipinski definition) is 10. The Morgan fingerprint density at radius 2 is 1.31 bits per heavy atom. The Kier molecular flexibility index (Phi) is 15.1. The van der Waals surface area contributed by atoms with Crippen LogP contribution in [0.25, 0.3) is 0 Å². The topological polar surface area (TPSA) is 148 Å². The lowest BCUT2D eigenvalue weighted by atomic mass is 9.80. The molecule has 0 radical (unpaired) electrons. The van der Waals surface area contributed by atoms with Gasteiger partial charge in [0.05, 0.1) is 59.9 Å². The predicted octanol–water partition coefficient (Wildman–Crippen LogP) is 7.88. The van der Waals surface area contributed by atoms with Crippen LogP contribution in [0.3, 0.4) is 0 Å². The number of alkyl halides is 9. The molecule has 12 nitrogen and oxygen atoms in total. The minimum Gasteiger partial charge on any atom is -0.495 e. The van der Waals surface area contributed by atoms with Crippen molar-refractivity contribution >= 4 is 44.5 Å². The van der Waals surface area contributed by atoms with Gasteiger partial charge in [0.2, 0.25) is 0 Å². The highest BCUT2D eigenvalue weighted by Gasteiger charge is 2.54. The maximum absolute atomic E-state index is 13.9. The standard InChI is InChI=1S/C39H40F9IN2O10S/c1-20-30(57-18-22-11-7-5-8-12-22)26(50-34(52)37(40,41)42)16-27(59-20)24-15-25(31(56-4)29(49)32(24)61-62(54,55)39(46,47)48)28-17-36(3,51-35(53)38(43,44)45)33(21(2)60-28)58-19-23-13-9-6-10-14-23/h5-15,20-21,26-28,30,33H,16-19H2,1-4H3,(H,50,52)(H,51,53)/t20?,21?,26-,27-,28+,30-,33-,36-/m1/s1. The average molecular weight is 1030 g/mol. The van der Waals surface area contributed by atoms with Crippen LogP contribution in [0.1, 0.15) is 68.1 Å². The van der Waals surface area contributed by atoms with Gasteiger partial charge in [-0.2, -0.15) is 47.9 Å². The third kappa shape index (κ3) is 11.4. The fourth-order valence-electron chi connectivity index (χ4n) is 7.39. The summed E-state index contributed by atoms with van der Waals surface area (Å²) < 4.78 is 183. The Bertz CT molecular complexity index is 2170. The van der Waals surface area contributed by atoms with E-state index in [0.29, 0.717) is 11.1 Å². The number of carbonyl (C=O) groups excluding carboxylic acids is 2.